The molecule has 39 heavy (non-hydrogen) atoms. The van der Waals surface area contributed by atoms with E-state index in [4.69, 9.17) is 14.2 Å². The smallest absolute Gasteiger partial charge is 0.274 e. The zero-order valence-corrected chi connectivity index (χ0v) is 22.9. The lowest BCUT2D eigenvalue weighted by molar-refractivity contribution is -0.185. The van der Waals surface area contributed by atoms with Crippen molar-refractivity contribution < 1.29 is 23.8 Å². The summed E-state index contributed by atoms with van der Waals surface area (Å²) in [6.07, 6.45) is 3.25. The fourth-order valence-corrected chi connectivity index (χ4v) is 5.75. The van der Waals surface area contributed by atoms with Crippen LogP contribution in [0.1, 0.15) is 50.2 Å². The lowest BCUT2D eigenvalue weighted by atomic mass is 10.0. The van der Waals surface area contributed by atoms with Gasteiger partial charge in [-0.1, -0.05) is 12.1 Å². The highest BCUT2D eigenvalue weighted by molar-refractivity contribution is 7.15. The van der Waals surface area contributed by atoms with Crippen molar-refractivity contribution in [1.82, 2.24) is 10.3 Å². The summed E-state index contributed by atoms with van der Waals surface area (Å²) in [5.74, 6) is -0.312. The SMILES string of the molecule is COc1ccc(C=NNC(=O)c2c(C)csc2NC(=O)c2cccc(CN3CCC4(CC3)OCCO4)c2)cc1. The summed E-state index contributed by atoms with van der Waals surface area (Å²) in [5, 5.41) is 9.32. The lowest BCUT2D eigenvalue weighted by Gasteiger charge is -2.37. The second kappa shape index (κ2) is 12.1. The molecule has 2 aliphatic heterocycles. The number of rotatable bonds is 8. The Morgan fingerprint density at radius 1 is 1.10 bits per heavy atom. The number of thiophene rings is 1. The molecule has 0 unspecified atom stereocenters. The van der Waals surface area contributed by atoms with E-state index in [1.165, 1.54) is 11.3 Å². The normalized spacial score (nSPS) is 17.0. The van der Waals surface area contributed by atoms with Crippen LogP contribution in [0.4, 0.5) is 5.00 Å². The highest BCUT2D eigenvalue weighted by Crippen LogP contribution is 2.32. The van der Waals surface area contributed by atoms with E-state index in [1.807, 2.05) is 54.8 Å². The summed E-state index contributed by atoms with van der Waals surface area (Å²) in [6.45, 7) is 5.67. The number of hydrogen-bond donors (Lipinski definition) is 2. The van der Waals surface area contributed by atoms with Crippen molar-refractivity contribution in [2.45, 2.75) is 32.1 Å². The Hall–Kier alpha value is -3.57. The van der Waals surface area contributed by atoms with E-state index < -0.39 is 5.79 Å². The zero-order valence-electron chi connectivity index (χ0n) is 22.1. The maximum atomic E-state index is 13.1. The van der Waals surface area contributed by atoms with E-state index in [2.05, 4.69) is 20.7 Å². The molecule has 204 valence electrons. The van der Waals surface area contributed by atoms with Gasteiger partial charge in [-0.25, -0.2) is 5.43 Å². The number of nitrogens with one attached hydrogen (secondary N) is 2. The van der Waals surface area contributed by atoms with Crippen LogP contribution in [0.3, 0.4) is 0 Å². The topological polar surface area (TPSA) is 101 Å². The number of amides is 2. The molecule has 2 aliphatic rings. The number of hydrogen-bond acceptors (Lipinski definition) is 8. The summed E-state index contributed by atoms with van der Waals surface area (Å²) >= 11 is 1.31. The molecule has 2 aromatic carbocycles. The molecule has 0 saturated carbocycles. The zero-order chi connectivity index (χ0) is 27.2. The minimum atomic E-state index is -0.401. The number of benzene rings is 2. The minimum Gasteiger partial charge on any atom is -0.497 e. The molecule has 2 N–H and O–H groups in total. The molecular weight excluding hydrogens is 516 g/mol. The summed E-state index contributed by atoms with van der Waals surface area (Å²) in [6, 6.07) is 14.9. The van der Waals surface area contributed by atoms with Gasteiger partial charge < -0.3 is 19.5 Å². The van der Waals surface area contributed by atoms with E-state index in [0.29, 0.717) is 29.3 Å². The monoisotopic (exact) mass is 548 g/mol. The van der Waals surface area contributed by atoms with Gasteiger partial charge in [-0.15, -0.1) is 11.3 Å². The van der Waals surface area contributed by atoms with Crippen molar-refractivity contribution in [3.05, 3.63) is 81.7 Å². The third-order valence-corrected chi connectivity index (χ3v) is 7.96. The molecule has 1 aromatic heterocycles. The third kappa shape index (κ3) is 6.54. The molecule has 0 atom stereocenters. The molecule has 2 amide bonds. The van der Waals surface area contributed by atoms with Gasteiger partial charge in [-0.2, -0.15) is 5.10 Å². The maximum absolute atomic E-state index is 13.1. The van der Waals surface area contributed by atoms with E-state index in [9.17, 15) is 9.59 Å². The van der Waals surface area contributed by atoms with Crippen LogP contribution in [-0.2, 0) is 16.0 Å². The third-order valence-electron chi connectivity index (χ3n) is 6.95. The van der Waals surface area contributed by atoms with Crippen molar-refractivity contribution in [2.75, 3.05) is 38.7 Å². The molecule has 5 rings (SSSR count). The highest BCUT2D eigenvalue weighted by atomic mass is 32.1. The Morgan fingerprint density at radius 3 is 2.56 bits per heavy atom. The van der Waals surface area contributed by atoms with Crippen molar-refractivity contribution in [1.29, 1.82) is 0 Å². The first-order valence-corrected chi connectivity index (χ1v) is 13.8. The second-order valence-electron chi connectivity index (χ2n) is 9.63. The van der Waals surface area contributed by atoms with E-state index in [0.717, 1.165) is 54.9 Å². The number of likely N-dealkylation sites (tertiary alicyclic amines) is 1. The molecule has 0 bridgehead atoms. The fourth-order valence-electron chi connectivity index (χ4n) is 4.81. The van der Waals surface area contributed by atoms with Crippen LogP contribution in [0.25, 0.3) is 0 Å². The summed E-state index contributed by atoms with van der Waals surface area (Å²) < 4.78 is 16.8. The van der Waals surface area contributed by atoms with Crippen LogP contribution in [0.2, 0.25) is 0 Å². The van der Waals surface area contributed by atoms with Gasteiger partial charge in [-0.3, -0.25) is 14.5 Å². The largest absolute Gasteiger partial charge is 0.497 e. The Labute approximate surface area is 231 Å². The predicted molar refractivity (Wildman–Crippen MR) is 151 cm³/mol. The van der Waals surface area contributed by atoms with Crippen LogP contribution in [0.15, 0.2) is 59.0 Å². The molecule has 9 nitrogen and oxygen atoms in total. The number of aryl methyl sites for hydroxylation is 1. The Kier molecular flexibility index (Phi) is 8.37. The number of carbonyl (C=O) groups excluding carboxylic acids is 2. The predicted octanol–water partition coefficient (Wildman–Crippen LogP) is 4.42. The van der Waals surface area contributed by atoms with Gasteiger partial charge in [0.05, 0.1) is 32.1 Å². The van der Waals surface area contributed by atoms with Gasteiger partial charge in [-0.05, 0) is 65.4 Å². The highest BCUT2D eigenvalue weighted by Gasteiger charge is 2.39. The lowest BCUT2D eigenvalue weighted by Crippen LogP contribution is -2.44. The number of hydrazone groups is 1. The number of carbonyl (C=O) groups is 2. The van der Waals surface area contributed by atoms with E-state index >= 15 is 0 Å². The first-order chi connectivity index (χ1) is 18.9. The summed E-state index contributed by atoms with van der Waals surface area (Å²) in [5.41, 5.74) is 6.13. The fraction of sp³-hybridized carbons (Fsp3) is 0.345. The van der Waals surface area contributed by atoms with Crippen LogP contribution in [-0.4, -0.2) is 62.1 Å². The van der Waals surface area contributed by atoms with Crippen molar-refractivity contribution >= 4 is 34.4 Å². The van der Waals surface area contributed by atoms with E-state index in [1.54, 1.807) is 19.4 Å². The van der Waals surface area contributed by atoms with Gasteiger partial charge in [0.2, 0.25) is 0 Å². The molecule has 1 spiro atoms. The van der Waals surface area contributed by atoms with Crippen LogP contribution < -0.4 is 15.5 Å². The number of nitrogens with zero attached hydrogens (tertiary/aromatic N) is 2. The van der Waals surface area contributed by atoms with E-state index in [-0.39, 0.29) is 11.8 Å². The molecule has 3 aromatic rings. The molecule has 0 radical (unpaired) electrons. The first kappa shape index (κ1) is 27.0. The van der Waals surface area contributed by atoms with Crippen LogP contribution in [0.5, 0.6) is 5.75 Å². The molecule has 10 heteroatoms. The van der Waals surface area contributed by atoms with Gasteiger partial charge in [0, 0.05) is 38.0 Å². The van der Waals surface area contributed by atoms with Gasteiger partial charge >= 0.3 is 0 Å². The standard InChI is InChI=1S/C29H32N4O5S/c1-20-19-39-28(25(20)27(35)32-30-17-21-6-8-24(36-2)9-7-21)31-26(34)23-5-3-4-22(16-23)18-33-12-10-29(11-13-33)37-14-15-38-29/h3-9,16-17,19H,10-15,18H2,1-2H3,(H,31,34)(H,32,35). The van der Waals surface area contributed by atoms with Gasteiger partial charge in [0.1, 0.15) is 10.8 Å². The average Bonchev–Trinajstić information content (AvgIpc) is 3.56. The Morgan fingerprint density at radius 2 is 1.85 bits per heavy atom. The minimum absolute atomic E-state index is 0.264. The van der Waals surface area contributed by atoms with Crippen molar-refractivity contribution in [3.63, 3.8) is 0 Å². The average molecular weight is 549 g/mol. The number of anilines is 1. The quantitative estimate of drug-likeness (QED) is 0.319. The molecule has 0 aliphatic carbocycles. The van der Waals surface area contributed by atoms with Crippen LogP contribution >= 0.6 is 11.3 Å². The Balaban J connectivity index is 1.19. The molecular formula is C29H32N4O5S. The Bertz CT molecular complexity index is 1340. The maximum Gasteiger partial charge on any atom is 0.274 e. The summed E-state index contributed by atoms with van der Waals surface area (Å²) in [4.78, 5) is 28.4. The molecule has 3 heterocycles. The molecule has 2 fully saturated rings. The van der Waals surface area contributed by atoms with Crippen molar-refractivity contribution in [3.8, 4) is 5.75 Å². The molecule has 2 saturated heterocycles. The van der Waals surface area contributed by atoms with Gasteiger partial charge in [0.25, 0.3) is 11.8 Å². The number of piperidine rings is 1. The number of methoxy groups -OCH3 is 1. The van der Waals surface area contributed by atoms with Gasteiger partial charge in [0.15, 0.2) is 5.79 Å². The van der Waals surface area contributed by atoms with Crippen molar-refractivity contribution in [2.24, 2.45) is 5.10 Å². The van der Waals surface area contributed by atoms with Crippen LogP contribution in [0, 0.1) is 6.92 Å². The second-order valence-corrected chi connectivity index (χ2v) is 10.5. The first-order valence-electron chi connectivity index (χ1n) is 12.9. The number of ether oxygens (including phenoxy) is 3. The summed E-state index contributed by atoms with van der Waals surface area (Å²) in [7, 11) is 1.60.